The van der Waals surface area contributed by atoms with Crippen LogP contribution in [0.5, 0.6) is 11.5 Å². The van der Waals surface area contributed by atoms with Gasteiger partial charge in [0.1, 0.15) is 0 Å². The number of benzene rings is 1. The maximum absolute atomic E-state index is 5.47. The molecule has 5 heteroatoms. The van der Waals surface area contributed by atoms with Gasteiger partial charge < -0.3 is 9.47 Å². The van der Waals surface area contributed by atoms with Crippen LogP contribution in [0.3, 0.4) is 0 Å². The lowest BCUT2D eigenvalue weighted by Crippen LogP contribution is -2.45. The predicted molar refractivity (Wildman–Crippen MR) is 92.2 cm³/mol. The molecule has 4 nitrogen and oxygen atoms in total. The van der Waals surface area contributed by atoms with Crippen molar-refractivity contribution in [2.75, 3.05) is 33.0 Å². The van der Waals surface area contributed by atoms with Crippen molar-refractivity contribution in [2.45, 2.75) is 20.0 Å². The first-order chi connectivity index (χ1) is 11.3. The van der Waals surface area contributed by atoms with Crippen LogP contribution in [0.2, 0.25) is 0 Å². The van der Waals surface area contributed by atoms with Gasteiger partial charge >= 0.3 is 0 Å². The lowest BCUT2D eigenvalue weighted by Gasteiger charge is -2.34. The summed E-state index contributed by atoms with van der Waals surface area (Å²) in [5, 5.41) is 2.29. The Bertz CT molecular complexity index is 677. The minimum atomic E-state index is 0.347. The van der Waals surface area contributed by atoms with E-state index in [1.165, 1.54) is 16.0 Å². The van der Waals surface area contributed by atoms with E-state index in [2.05, 4.69) is 40.3 Å². The van der Waals surface area contributed by atoms with Gasteiger partial charge in [-0.05, 0) is 41.6 Å². The normalized spacial score (nSPS) is 18.5. The Balaban J connectivity index is 1.29. The maximum atomic E-state index is 5.47. The van der Waals surface area contributed by atoms with Crippen LogP contribution in [0.15, 0.2) is 29.6 Å². The molecule has 1 saturated heterocycles. The van der Waals surface area contributed by atoms with E-state index in [9.17, 15) is 0 Å². The second kappa shape index (κ2) is 6.51. The summed E-state index contributed by atoms with van der Waals surface area (Å²) in [7, 11) is 0. The molecule has 0 spiro atoms. The van der Waals surface area contributed by atoms with Gasteiger partial charge in [0.2, 0.25) is 6.79 Å². The van der Waals surface area contributed by atoms with Crippen LogP contribution in [0.1, 0.15) is 16.0 Å². The second-order valence-corrected chi connectivity index (χ2v) is 7.42. The summed E-state index contributed by atoms with van der Waals surface area (Å²) in [6.45, 7) is 9.12. The van der Waals surface area contributed by atoms with E-state index in [0.29, 0.717) is 6.79 Å². The van der Waals surface area contributed by atoms with Crippen molar-refractivity contribution in [3.63, 3.8) is 0 Å². The minimum absolute atomic E-state index is 0.347. The first-order valence-electron chi connectivity index (χ1n) is 8.13. The van der Waals surface area contributed by atoms with Crippen LogP contribution in [0, 0.1) is 6.92 Å². The Morgan fingerprint density at radius 2 is 1.61 bits per heavy atom. The molecule has 0 radical (unpaired) electrons. The van der Waals surface area contributed by atoms with Crippen LogP contribution >= 0.6 is 11.3 Å². The fourth-order valence-electron chi connectivity index (χ4n) is 3.24. The maximum Gasteiger partial charge on any atom is 0.231 e. The molecule has 0 aliphatic carbocycles. The molecule has 0 saturated carbocycles. The quantitative estimate of drug-likeness (QED) is 0.860. The summed E-state index contributed by atoms with van der Waals surface area (Å²) in [6, 6.07) is 8.59. The lowest BCUT2D eigenvalue weighted by molar-refractivity contribution is 0.122. The van der Waals surface area contributed by atoms with E-state index < -0.39 is 0 Å². The van der Waals surface area contributed by atoms with E-state index in [0.717, 1.165) is 50.8 Å². The molecule has 1 fully saturated rings. The van der Waals surface area contributed by atoms with E-state index >= 15 is 0 Å². The van der Waals surface area contributed by atoms with Gasteiger partial charge in [-0.3, -0.25) is 9.80 Å². The fraction of sp³-hybridized carbons (Fsp3) is 0.444. The van der Waals surface area contributed by atoms with Gasteiger partial charge in [-0.2, -0.15) is 0 Å². The predicted octanol–water partition coefficient (Wildman–Crippen LogP) is 3.10. The van der Waals surface area contributed by atoms with Crippen LogP contribution in [0.25, 0.3) is 0 Å². The highest BCUT2D eigenvalue weighted by atomic mass is 32.1. The second-order valence-electron chi connectivity index (χ2n) is 6.31. The molecule has 0 atom stereocenters. The van der Waals surface area contributed by atoms with Gasteiger partial charge in [0, 0.05) is 44.1 Å². The average molecular weight is 330 g/mol. The molecular weight excluding hydrogens is 308 g/mol. The molecule has 1 aromatic heterocycles. The number of rotatable bonds is 4. The molecule has 1 aromatic carbocycles. The van der Waals surface area contributed by atoms with Crippen LogP contribution in [0.4, 0.5) is 0 Å². The Morgan fingerprint density at radius 3 is 2.30 bits per heavy atom. The zero-order valence-electron chi connectivity index (χ0n) is 13.5. The third-order valence-corrected chi connectivity index (χ3v) is 5.41. The van der Waals surface area contributed by atoms with Crippen molar-refractivity contribution in [1.82, 2.24) is 9.80 Å². The summed E-state index contributed by atoms with van der Waals surface area (Å²) in [4.78, 5) is 6.48. The van der Waals surface area contributed by atoms with E-state index in [4.69, 9.17) is 9.47 Å². The highest BCUT2D eigenvalue weighted by Gasteiger charge is 2.19. The van der Waals surface area contributed by atoms with E-state index in [1.54, 1.807) is 0 Å². The highest BCUT2D eigenvalue weighted by molar-refractivity contribution is 7.10. The monoisotopic (exact) mass is 330 g/mol. The van der Waals surface area contributed by atoms with Gasteiger partial charge in [0.15, 0.2) is 11.5 Å². The number of aryl methyl sites for hydroxylation is 1. The fourth-order valence-corrected chi connectivity index (χ4v) is 3.94. The molecular formula is C18H22N2O2S. The zero-order chi connectivity index (χ0) is 15.6. The first kappa shape index (κ1) is 15.0. The van der Waals surface area contributed by atoms with Crippen molar-refractivity contribution in [3.8, 4) is 11.5 Å². The molecule has 2 aromatic rings. The molecule has 4 rings (SSSR count). The van der Waals surface area contributed by atoms with Crippen LogP contribution < -0.4 is 9.47 Å². The smallest absolute Gasteiger partial charge is 0.231 e. The summed E-state index contributed by atoms with van der Waals surface area (Å²) in [5.74, 6) is 1.75. The molecule has 3 heterocycles. The molecule has 23 heavy (non-hydrogen) atoms. The molecule has 2 aliphatic rings. The Hall–Kier alpha value is -1.56. The first-order valence-corrected chi connectivity index (χ1v) is 9.01. The standard InChI is InChI=1S/C18H22N2O2S/c1-14-8-16(12-23-14)11-20-6-4-19(5-7-20)10-15-2-3-17-18(9-15)22-13-21-17/h2-3,8-9,12H,4-7,10-11,13H2,1H3. The van der Waals surface area contributed by atoms with Gasteiger partial charge in [-0.15, -0.1) is 11.3 Å². The molecule has 122 valence electrons. The molecule has 0 amide bonds. The summed E-state index contributed by atoms with van der Waals surface area (Å²) >= 11 is 1.85. The van der Waals surface area contributed by atoms with Crippen molar-refractivity contribution in [1.29, 1.82) is 0 Å². The number of piperazine rings is 1. The molecule has 0 N–H and O–H groups in total. The van der Waals surface area contributed by atoms with Gasteiger partial charge in [-0.25, -0.2) is 0 Å². The van der Waals surface area contributed by atoms with E-state index in [-0.39, 0.29) is 0 Å². The molecule has 0 bridgehead atoms. The summed E-state index contributed by atoms with van der Waals surface area (Å²) in [5.41, 5.74) is 2.76. The number of nitrogens with zero attached hydrogens (tertiary/aromatic N) is 2. The molecule has 2 aliphatic heterocycles. The largest absolute Gasteiger partial charge is 0.454 e. The Morgan fingerprint density at radius 1 is 0.913 bits per heavy atom. The lowest BCUT2D eigenvalue weighted by atomic mass is 10.1. The van der Waals surface area contributed by atoms with Gasteiger partial charge in [-0.1, -0.05) is 6.07 Å². The number of hydrogen-bond acceptors (Lipinski definition) is 5. The van der Waals surface area contributed by atoms with Crippen LogP contribution in [-0.4, -0.2) is 42.8 Å². The van der Waals surface area contributed by atoms with Crippen molar-refractivity contribution < 1.29 is 9.47 Å². The number of hydrogen-bond donors (Lipinski definition) is 0. The van der Waals surface area contributed by atoms with E-state index in [1.807, 2.05) is 17.4 Å². The third kappa shape index (κ3) is 3.52. The Labute approximate surface area is 141 Å². The van der Waals surface area contributed by atoms with Crippen molar-refractivity contribution in [3.05, 3.63) is 45.6 Å². The SMILES string of the molecule is Cc1cc(CN2CCN(Cc3ccc4c(c3)OCO4)CC2)cs1. The number of ether oxygens (including phenoxy) is 2. The van der Waals surface area contributed by atoms with Crippen molar-refractivity contribution >= 4 is 11.3 Å². The number of fused-ring (bicyclic) bond motifs is 1. The third-order valence-electron chi connectivity index (χ3n) is 4.50. The minimum Gasteiger partial charge on any atom is -0.454 e. The van der Waals surface area contributed by atoms with Gasteiger partial charge in [0.25, 0.3) is 0 Å². The highest BCUT2D eigenvalue weighted by Crippen LogP contribution is 2.32. The zero-order valence-corrected chi connectivity index (χ0v) is 14.3. The average Bonchev–Trinajstić information content (AvgIpc) is 3.17. The van der Waals surface area contributed by atoms with Gasteiger partial charge in [0.05, 0.1) is 0 Å². The number of thiophene rings is 1. The summed E-state index contributed by atoms with van der Waals surface area (Å²) < 4.78 is 10.8. The topological polar surface area (TPSA) is 24.9 Å². The summed E-state index contributed by atoms with van der Waals surface area (Å²) in [6.07, 6.45) is 0. The molecule has 0 unspecified atom stereocenters. The van der Waals surface area contributed by atoms with Crippen molar-refractivity contribution in [2.24, 2.45) is 0 Å². The Kier molecular flexibility index (Phi) is 4.25. The van der Waals surface area contributed by atoms with Crippen LogP contribution in [-0.2, 0) is 13.1 Å².